The van der Waals surface area contributed by atoms with E-state index in [1.54, 1.807) is 24.9 Å². The van der Waals surface area contributed by atoms with Crippen LogP contribution in [0.4, 0.5) is 29.3 Å². The second-order valence-corrected chi connectivity index (χ2v) is 6.93. The summed E-state index contributed by atoms with van der Waals surface area (Å²) < 4.78 is 45.2. The van der Waals surface area contributed by atoms with Gasteiger partial charge in [0.25, 0.3) is 0 Å². The molecule has 25 heavy (non-hydrogen) atoms. The summed E-state index contributed by atoms with van der Waals surface area (Å²) in [6.07, 6.45) is -5.54. The van der Waals surface area contributed by atoms with Crippen molar-refractivity contribution in [3.05, 3.63) is 45.1 Å². The van der Waals surface area contributed by atoms with Gasteiger partial charge in [0.1, 0.15) is 0 Å². The number of rotatable bonds is 5. The summed E-state index contributed by atoms with van der Waals surface area (Å²) in [6.45, 7) is 2.05. The fraction of sp³-hybridized carbons (Fsp3) is 0.312. The zero-order chi connectivity index (χ0) is 18.6. The minimum Gasteiger partial charge on any atom is -0.450 e. The highest BCUT2D eigenvalue weighted by Crippen LogP contribution is 2.37. The zero-order valence-corrected chi connectivity index (χ0v) is 15.1. The van der Waals surface area contributed by atoms with E-state index in [4.69, 9.17) is 11.6 Å². The summed E-state index contributed by atoms with van der Waals surface area (Å²) in [7, 11) is 1.68. The minimum absolute atomic E-state index is 0.0668. The maximum atomic E-state index is 13.3. The summed E-state index contributed by atoms with van der Waals surface area (Å²) in [4.78, 5) is 14.0. The largest absolute Gasteiger partial charge is 0.450 e. The van der Waals surface area contributed by atoms with Crippen molar-refractivity contribution in [1.82, 2.24) is 0 Å². The van der Waals surface area contributed by atoms with Gasteiger partial charge in [-0.15, -0.1) is 11.3 Å². The average Bonchev–Trinajstić information content (AvgIpc) is 2.91. The molecule has 0 aliphatic rings. The molecule has 9 heteroatoms. The van der Waals surface area contributed by atoms with E-state index in [9.17, 15) is 18.0 Å². The van der Waals surface area contributed by atoms with Gasteiger partial charge in [0.05, 0.1) is 28.7 Å². The normalized spacial score (nSPS) is 11.3. The smallest absolute Gasteiger partial charge is 0.418 e. The van der Waals surface area contributed by atoms with Crippen LogP contribution >= 0.6 is 22.9 Å². The van der Waals surface area contributed by atoms with Crippen molar-refractivity contribution in [3.8, 4) is 0 Å². The monoisotopic (exact) mass is 392 g/mol. The van der Waals surface area contributed by atoms with Crippen molar-refractivity contribution < 1.29 is 22.7 Å². The second kappa shape index (κ2) is 7.97. The molecule has 136 valence electrons. The number of hydrogen-bond donors (Lipinski definition) is 1. The SMILES string of the molecule is CCOC(=O)Nc1ccc(N(C)Cc2ccc(Cl)s2)cc1C(F)(F)F. The Balaban J connectivity index is 2.26. The lowest BCUT2D eigenvalue weighted by atomic mass is 10.1. The number of nitrogens with zero attached hydrogens (tertiary/aromatic N) is 1. The zero-order valence-electron chi connectivity index (χ0n) is 13.5. The van der Waals surface area contributed by atoms with Crippen molar-refractivity contribution in [2.24, 2.45) is 0 Å². The Hall–Kier alpha value is -1.93. The molecule has 0 radical (unpaired) electrons. The van der Waals surface area contributed by atoms with Crippen LogP contribution in [0.2, 0.25) is 4.34 Å². The van der Waals surface area contributed by atoms with Crippen LogP contribution in [-0.4, -0.2) is 19.7 Å². The molecule has 1 amide bonds. The fourth-order valence-electron chi connectivity index (χ4n) is 2.15. The first kappa shape index (κ1) is 19.4. The molecule has 0 aliphatic heterocycles. The maximum absolute atomic E-state index is 13.3. The minimum atomic E-state index is -4.61. The van der Waals surface area contributed by atoms with Gasteiger partial charge in [-0.25, -0.2) is 4.79 Å². The molecule has 0 saturated heterocycles. The van der Waals surface area contributed by atoms with Crippen LogP contribution in [0.3, 0.4) is 0 Å². The third-order valence-corrected chi connectivity index (χ3v) is 4.50. The Bertz CT molecular complexity index is 749. The van der Waals surface area contributed by atoms with E-state index in [1.165, 1.54) is 23.5 Å². The third kappa shape index (κ3) is 5.27. The van der Waals surface area contributed by atoms with Crippen LogP contribution < -0.4 is 10.2 Å². The van der Waals surface area contributed by atoms with Gasteiger partial charge in [-0.3, -0.25) is 5.32 Å². The Morgan fingerprint density at radius 2 is 2.04 bits per heavy atom. The van der Waals surface area contributed by atoms with Crippen LogP contribution in [0.15, 0.2) is 30.3 Å². The fourth-order valence-corrected chi connectivity index (χ4v) is 3.29. The van der Waals surface area contributed by atoms with E-state index in [2.05, 4.69) is 10.1 Å². The molecule has 1 heterocycles. The lowest BCUT2D eigenvalue weighted by molar-refractivity contribution is -0.136. The lowest BCUT2D eigenvalue weighted by Crippen LogP contribution is -2.20. The van der Waals surface area contributed by atoms with Crippen molar-refractivity contribution in [2.45, 2.75) is 19.6 Å². The topological polar surface area (TPSA) is 41.6 Å². The van der Waals surface area contributed by atoms with Gasteiger partial charge in [0.2, 0.25) is 0 Å². The number of nitrogens with one attached hydrogen (secondary N) is 1. The highest BCUT2D eigenvalue weighted by Gasteiger charge is 2.34. The highest BCUT2D eigenvalue weighted by atomic mass is 35.5. The van der Waals surface area contributed by atoms with Gasteiger partial charge in [-0.05, 0) is 37.3 Å². The Morgan fingerprint density at radius 1 is 1.32 bits per heavy atom. The first-order chi connectivity index (χ1) is 11.7. The molecule has 2 rings (SSSR count). The number of halogens is 4. The summed E-state index contributed by atoms with van der Waals surface area (Å²) in [6, 6.07) is 7.28. The molecule has 2 aromatic rings. The van der Waals surface area contributed by atoms with E-state index in [1.807, 2.05) is 6.07 Å². The van der Waals surface area contributed by atoms with Crippen molar-refractivity contribution in [1.29, 1.82) is 0 Å². The molecule has 0 fully saturated rings. The predicted molar refractivity (Wildman–Crippen MR) is 93.5 cm³/mol. The standard InChI is InChI=1S/C16H16ClF3N2O2S/c1-3-24-15(23)21-13-6-4-10(8-12(13)16(18,19)20)22(2)9-11-5-7-14(17)25-11/h4-8H,3,9H2,1-2H3,(H,21,23). The highest BCUT2D eigenvalue weighted by molar-refractivity contribution is 7.16. The van der Waals surface area contributed by atoms with E-state index < -0.39 is 17.8 Å². The molecule has 0 atom stereocenters. The molecular formula is C16H16ClF3N2O2S. The van der Waals surface area contributed by atoms with Gasteiger partial charge in [0, 0.05) is 17.6 Å². The summed E-state index contributed by atoms with van der Waals surface area (Å²) in [5.41, 5.74) is -0.914. The summed E-state index contributed by atoms with van der Waals surface area (Å²) in [5, 5.41) is 2.12. The number of ether oxygens (including phenoxy) is 1. The molecule has 0 aliphatic carbocycles. The van der Waals surface area contributed by atoms with Crippen LogP contribution in [0.5, 0.6) is 0 Å². The number of hydrogen-bond acceptors (Lipinski definition) is 4. The summed E-state index contributed by atoms with van der Waals surface area (Å²) >= 11 is 7.23. The Labute approximate surface area is 152 Å². The first-order valence-electron chi connectivity index (χ1n) is 7.31. The maximum Gasteiger partial charge on any atom is 0.418 e. The predicted octanol–water partition coefficient (Wildman–Crippen LogP) is 5.63. The molecule has 0 unspecified atom stereocenters. The Morgan fingerprint density at radius 3 is 2.60 bits per heavy atom. The third-order valence-electron chi connectivity index (χ3n) is 3.28. The molecule has 0 spiro atoms. The van der Waals surface area contributed by atoms with Gasteiger partial charge in [-0.2, -0.15) is 13.2 Å². The number of carbonyl (C=O) groups is 1. The first-order valence-corrected chi connectivity index (χ1v) is 8.50. The van der Waals surface area contributed by atoms with Gasteiger partial charge in [-0.1, -0.05) is 11.6 Å². The van der Waals surface area contributed by atoms with Gasteiger partial charge < -0.3 is 9.64 Å². The van der Waals surface area contributed by atoms with Crippen LogP contribution in [0.1, 0.15) is 17.4 Å². The van der Waals surface area contributed by atoms with E-state index in [-0.39, 0.29) is 12.3 Å². The van der Waals surface area contributed by atoms with Crippen molar-refractivity contribution >= 4 is 40.4 Å². The molecular weight excluding hydrogens is 377 g/mol. The Kier molecular flexibility index (Phi) is 6.18. The molecule has 1 aromatic carbocycles. The van der Waals surface area contributed by atoms with Crippen LogP contribution in [0.25, 0.3) is 0 Å². The molecule has 1 aromatic heterocycles. The van der Waals surface area contributed by atoms with Crippen molar-refractivity contribution in [3.63, 3.8) is 0 Å². The number of alkyl halides is 3. The molecule has 1 N–H and O–H groups in total. The van der Waals surface area contributed by atoms with Gasteiger partial charge in [0.15, 0.2) is 0 Å². The number of benzene rings is 1. The number of anilines is 2. The number of amides is 1. The van der Waals surface area contributed by atoms with E-state index in [0.717, 1.165) is 10.9 Å². The number of thiophene rings is 1. The second-order valence-electron chi connectivity index (χ2n) is 5.13. The molecule has 0 saturated carbocycles. The lowest BCUT2D eigenvalue weighted by Gasteiger charge is -2.21. The number of carbonyl (C=O) groups excluding carboxylic acids is 1. The quantitative estimate of drug-likeness (QED) is 0.717. The average molecular weight is 393 g/mol. The van der Waals surface area contributed by atoms with Crippen LogP contribution in [0, 0.1) is 0 Å². The molecule has 4 nitrogen and oxygen atoms in total. The van der Waals surface area contributed by atoms with E-state index in [0.29, 0.717) is 16.6 Å². The van der Waals surface area contributed by atoms with Crippen molar-refractivity contribution in [2.75, 3.05) is 23.9 Å². The summed E-state index contributed by atoms with van der Waals surface area (Å²) in [5.74, 6) is 0. The van der Waals surface area contributed by atoms with Gasteiger partial charge >= 0.3 is 12.3 Å². The van der Waals surface area contributed by atoms with Crippen LogP contribution in [-0.2, 0) is 17.5 Å². The van der Waals surface area contributed by atoms with E-state index >= 15 is 0 Å². The molecule has 0 bridgehead atoms.